The van der Waals surface area contributed by atoms with Crippen LogP contribution in [0.25, 0.3) is 28.5 Å². The zero-order valence-corrected chi connectivity index (χ0v) is 15.1. The standard InChI is InChI=1S/C19H19N3O3S/c1-26(24,25)16-9-7-14(8-10-16)18-17(6-2-3-12-23)21-22-19(18)15-5-4-11-20-13-15/h2,4-11,13,23H,3,12H2,1H3,(H,21,22). The molecule has 0 fully saturated rings. The second-order valence-corrected chi connectivity index (χ2v) is 7.83. The molecule has 2 aromatic heterocycles. The number of aliphatic hydroxyl groups is 1. The van der Waals surface area contributed by atoms with Gasteiger partial charge >= 0.3 is 0 Å². The van der Waals surface area contributed by atoms with Crippen molar-refractivity contribution >= 4 is 15.9 Å². The van der Waals surface area contributed by atoms with Crippen LogP contribution in [0.15, 0.2) is 59.8 Å². The summed E-state index contributed by atoms with van der Waals surface area (Å²) in [5, 5.41) is 16.4. The van der Waals surface area contributed by atoms with E-state index in [1.807, 2.05) is 24.3 Å². The quantitative estimate of drug-likeness (QED) is 0.696. The van der Waals surface area contributed by atoms with E-state index in [4.69, 9.17) is 5.11 Å². The van der Waals surface area contributed by atoms with Crippen LogP contribution in [0.4, 0.5) is 0 Å². The van der Waals surface area contributed by atoms with Gasteiger partial charge in [0.15, 0.2) is 9.84 Å². The van der Waals surface area contributed by atoms with E-state index < -0.39 is 9.84 Å². The molecule has 3 rings (SSSR count). The maximum absolute atomic E-state index is 11.7. The van der Waals surface area contributed by atoms with E-state index in [2.05, 4.69) is 15.2 Å². The van der Waals surface area contributed by atoms with Gasteiger partial charge in [0.2, 0.25) is 0 Å². The second-order valence-electron chi connectivity index (χ2n) is 5.81. The fourth-order valence-corrected chi connectivity index (χ4v) is 3.26. The second kappa shape index (κ2) is 7.63. The molecule has 0 aliphatic carbocycles. The minimum atomic E-state index is -3.25. The monoisotopic (exact) mass is 369 g/mol. The molecule has 6 nitrogen and oxygen atoms in total. The van der Waals surface area contributed by atoms with Gasteiger partial charge in [0.25, 0.3) is 0 Å². The van der Waals surface area contributed by atoms with Gasteiger partial charge in [-0.25, -0.2) is 8.42 Å². The molecule has 0 bridgehead atoms. The Bertz CT molecular complexity index is 1010. The van der Waals surface area contributed by atoms with Crippen LogP contribution in [0.2, 0.25) is 0 Å². The van der Waals surface area contributed by atoms with Crippen molar-refractivity contribution in [1.82, 2.24) is 15.2 Å². The van der Waals surface area contributed by atoms with E-state index in [-0.39, 0.29) is 11.5 Å². The Kier molecular flexibility index (Phi) is 5.29. The topological polar surface area (TPSA) is 95.9 Å². The first-order valence-corrected chi connectivity index (χ1v) is 9.96. The number of aromatic nitrogens is 3. The Morgan fingerprint density at radius 2 is 1.92 bits per heavy atom. The fourth-order valence-electron chi connectivity index (χ4n) is 2.63. The van der Waals surface area contributed by atoms with Crippen molar-refractivity contribution in [3.63, 3.8) is 0 Å². The first kappa shape index (κ1) is 18.0. The average Bonchev–Trinajstić information content (AvgIpc) is 3.06. The van der Waals surface area contributed by atoms with Crippen molar-refractivity contribution in [2.24, 2.45) is 0 Å². The number of hydrogen-bond donors (Lipinski definition) is 2. The van der Waals surface area contributed by atoms with Crippen molar-refractivity contribution in [3.8, 4) is 22.4 Å². The minimum Gasteiger partial charge on any atom is -0.396 e. The molecule has 0 aliphatic heterocycles. The van der Waals surface area contributed by atoms with Gasteiger partial charge in [-0.1, -0.05) is 18.2 Å². The Morgan fingerprint density at radius 3 is 2.54 bits per heavy atom. The summed E-state index contributed by atoms with van der Waals surface area (Å²) < 4.78 is 23.4. The number of pyridine rings is 1. The predicted octanol–water partition coefficient (Wildman–Crippen LogP) is 2.94. The van der Waals surface area contributed by atoms with E-state index in [0.29, 0.717) is 12.1 Å². The highest BCUT2D eigenvalue weighted by Gasteiger charge is 2.16. The molecular weight excluding hydrogens is 350 g/mol. The molecule has 0 spiro atoms. The largest absolute Gasteiger partial charge is 0.396 e. The molecular formula is C19H19N3O3S. The third-order valence-electron chi connectivity index (χ3n) is 3.89. The number of nitrogens with zero attached hydrogens (tertiary/aromatic N) is 2. The van der Waals surface area contributed by atoms with Gasteiger partial charge < -0.3 is 5.11 Å². The molecule has 0 amide bonds. The van der Waals surface area contributed by atoms with Crippen LogP contribution >= 0.6 is 0 Å². The van der Waals surface area contributed by atoms with Gasteiger partial charge in [-0.05, 0) is 42.3 Å². The van der Waals surface area contributed by atoms with Gasteiger partial charge in [-0.3, -0.25) is 10.1 Å². The molecule has 7 heteroatoms. The van der Waals surface area contributed by atoms with Crippen molar-refractivity contribution in [1.29, 1.82) is 0 Å². The Balaban J connectivity index is 2.12. The molecule has 3 aromatic rings. The maximum Gasteiger partial charge on any atom is 0.175 e. The summed E-state index contributed by atoms with van der Waals surface area (Å²) in [5.74, 6) is 0. The lowest BCUT2D eigenvalue weighted by atomic mass is 9.99. The highest BCUT2D eigenvalue weighted by atomic mass is 32.2. The molecule has 0 aliphatic rings. The summed E-state index contributed by atoms with van der Waals surface area (Å²) in [4.78, 5) is 4.42. The number of benzene rings is 1. The third kappa shape index (κ3) is 3.89. The lowest BCUT2D eigenvalue weighted by Crippen LogP contribution is -1.96. The summed E-state index contributed by atoms with van der Waals surface area (Å²) in [6, 6.07) is 10.5. The van der Waals surface area contributed by atoms with Crippen LogP contribution in [0.3, 0.4) is 0 Å². The third-order valence-corrected chi connectivity index (χ3v) is 5.02. The normalized spacial score (nSPS) is 11.9. The minimum absolute atomic E-state index is 0.0643. The van der Waals surface area contributed by atoms with Crippen LogP contribution in [-0.2, 0) is 9.84 Å². The van der Waals surface area contributed by atoms with Gasteiger partial charge in [0.05, 0.1) is 16.3 Å². The molecule has 26 heavy (non-hydrogen) atoms. The fraction of sp³-hybridized carbons (Fsp3) is 0.158. The molecule has 0 saturated heterocycles. The summed E-state index contributed by atoms with van der Waals surface area (Å²) >= 11 is 0. The first-order chi connectivity index (χ1) is 12.5. The molecule has 0 unspecified atom stereocenters. The number of aliphatic hydroxyl groups excluding tert-OH is 1. The number of nitrogens with one attached hydrogen (secondary N) is 1. The maximum atomic E-state index is 11.7. The molecule has 0 atom stereocenters. The van der Waals surface area contributed by atoms with Crippen LogP contribution in [0.5, 0.6) is 0 Å². The molecule has 0 saturated carbocycles. The summed E-state index contributed by atoms with van der Waals surface area (Å²) in [5.41, 5.74) is 4.09. The van der Waals surface area contributed by atoms with E-state index in [0.717, 1.165) is 22.4 Å². The Morgan fingerprint density at radius 1 is 1.15 bits per heavy atom. The molecule has 2 N–H and O–H groups in total. The molecule has 134 valence electrons. The number of aromatic amines is 1. The van der Waals surface area contributed by atoms with Crippen LogP contribution in [0, 0.1) is 0 Å². The number of H-pyrrole nitrogens is 1. The first-order valence-electron chi connectivity index (χ1n) is 8.07. The average molecular weight is 369 g/mol. The Labute approximate surface area is 152 Å². The van der Waals surface area contributed by atoms with E-state index in [1.165, 1.54) is 6.26 Å². The SMILES string of the molecule is CS(=O)(=O)c1ccc(-c2c(C=CCCO)n[nH]c2-c2cccnc2)cc1. The van der Waals surface area contributed by atoms with E-state index >= 15 is 0 Å². The van der Waals surface area contributed by atoms with Gasteiger partial charge in [-0.15, -0.1) is 0 Å². The van der Waals surface area contributed by atoms with E-state index in [1.54, 1.807) is 36.7 Å². The van der Waals surface area contributed by atoms with Crippen molar-refractivity contribution < 1.29 is 13.5 Å². The highest BCUT2D eigenvalue weighted by Crippen LogP contribution is 2.34. The molecule has 1 aromatic carbocycles. The van der Waals surface area contributed by atoms with Gasteiger partial charge in [0.1, 0.15) is 0 Å². The van der Waals surface area contributed by atoms with Gasteiger partial charge in [0, 0.05) is 36.4 Å². The molecule has 2 heterocycles. The molecule has 0 radical (unpaired) electrons. The van der Waals surface area contributed by atoms with Crippen LogP contribution in [0.1, 0.15) is 12.1 Å². The highest BCUT2D eigenvalue weighted by molar-refractivity contribution is 7.90. The number of sulfone groups is 1. The smallest absolute Gasteiger partial charge is 0.175 e. The zero-order valence-electron chi connectivity index (χ0n) is 14.3. The predicted molar refractivity (Wildman–Crippen MR) is 101 cm³/mol. The van der Waals surface area contributed by atoms with Crippen LogP contribution < -0.4 is 0 Å². The lowest BCUT2D eigenvalue weighted by Gasteiger charge is -2.06. The summed E-state index contributed by atoms with van der Waals surface area (Å²) in [6.45, 7) is 0.0643. The number of hydrogen-bond acceptors (Lipinski definition) is 5. The lowest BCUT2D eigenvalue weighted by molar-refractivity contribution is 0.303. The summed E-state index contributed by atoms with van der Waals surface area (Å²) in [7, 11) is -3.25. The zero-order chi connectivity index (χ0) is 18.6. The number of rotatable bonds is 6. The van der Waals surface area contributed by atoms with E-state index in [9.17, 15) is 8.42 Å². The Hall–Kier alpha value is -2.77. The van der Waals surface area contributed by atoms with Crippen LogP contribution in [-0.4, -0.2) is 41.6 Å². The van der Waals surface area contributed by atoms with Crippen molar-refractivity contribution in [2.45, 2.75) is 11.3 Å². The van der Waals surface area contributed by atoms with Crippen molar-refractivity contribution in [2.75, 3.05) is 12.9 Å². The summed E-state index contributed by atoms with van der Waals surface area (Å²) in [6.07, 6.45) is 8.83. The van der Waals surface area contributed by atoms with Crippen molar-refractivity contribution in [3.05, 3.63) is 60.6 Å². The van der Waals surface area contributed by atoms with Gasteiger partial charge in [-0.2, -0.15) is 5.10 Å².